The van der Waals surface area contributed by atoms with Crippen molar-refractivity contribution in [3.63, 3.8) is 0 Å². The second kappa shape index (κ2) is 5.45. The largest absolute Gasteiger partial charge is 0.534 e. The predicted octanol–water partition coefficient (Wildman–Crippen LogP) is 2.77. The van der Waals surface area contributed by atoms with Crippen molar-refractivity contribution in [2.75, 3.05) is 0 Å². The molecular formula is C13H13F3O5S. The average molecular weight is 338 g/mol. The van der Waals surface area contributed by atoms with Crippen molar-refractivity contribution in [1.82, 2.24) is 0 Å². The molecule has 1 unspecified atom stereocenters. The van der Waals surface area contributed by atoms with Gasteiger partial charge in [-0.05, 0) is 48.6 Å². The molecule has 0 aromatic heterocycles. The summed E-state index contributed by atoms with van der Waals surface area (Å²) in [4.78, 5) is 11.0. The molecule has 0 spiro atoms. The highest BCUT2D eigenvalue weighted by atomic mass is 32.2. The first-order valence-electron chi connectivity index (χ1n) is 6.32. The van der Waals surface area contributed by atoms with Crippen molar-refractivity contribution < 1.29 is 35.3 Å². The fourth-order valence-electron chi connectivity index (χ4n) is 2.29. The first-order valence-corrected chi connectivity index (χ1v) is 7.73. The Morgan fingerprint density at radius 2 is 1.95 bits per heavy atom. The number of carbonyl (C=O) groups is 1. The third-order valence-electron chi connectivity index (χ3n) is 3.25. The SMILES string of the molecule is CC(=O)OC1CCc2cc(OS(=O)(=O)C(F)(F)F)c(C)cc21. The van der Waals surface area contributed by atoms with Gasteiger partial charge in [0.15, 0.2) is 0 Å². The summed E-state index contributed by atoms with van der Waals surface area (Å²) in [7, 11) is -5.71. The Balaban J connectivity index is 2.33. The molecule has 0 radical (unpaired) electrons. The van der Waals surface area contributed by atoms with E-state index in [1.165, 1.54) is 26.0 Å². The van der Waals surface area contributed by atoms with Gasteiger partial charge in [-0.1, -0.05) is 0 Å². The molecule has 0 aliphatic heterocycles. The van der Waals surface area contributed by atoms with E-state index in [4.69, 9.17) is 4.74 Å². The average Bonchev–Trinajstić information content (AvgIpc) is 2.70. The Kier molecular flexibility index (Phi) is 4.12. The molecule has 122 valence electrons. The van der Waals surface area contributed by atoms with Gasteiger partial charge < -0.3 is 8.92 Å². The fourth-order valence-corrected chi connectivity index (χ4v) is 2.80. The Morgan fingerprint density at radius 3 is 2.50 bits per heavy atom. The fraction of sp³-hybridized carbons (Fsp3) is 0.462. The molecule has 1 aromatic carbocycles. The number of benzene rings is 1. The van der Waals surface area contributed by atoms with Crippen LogP contribution in [-0.4, -0.2) is 19.9 Å². The van der Waals surface area contributed by atoms with Crippen LogP contribution >= 0.6 is 0 Å². The van der Waals surface area contributed by atoms with Crippen LogP contribution in [0.25, 0.3) is 0 Å². The molecule has 0 saturated heterocycles. The molecule has 9 heteroatoms. The van der Waals surface area contributed by atoms with Crippen LogP contribution in [-0.2, 0) is 26.1 Å². The molecule has 1 atom stereocenters. The predicted molar refractivity (Wildman–Crippen MR) is 69.6 cm³/mol. The van der Waals surface area contributed by atoms with E-state index in [-0.39, 0.29) is 11.3 Å². The summed E-state index contributed by atoms with van der Waals surface area (Å²) in [5.41, 5.74) is -4.02. The van der Waals surface area contributed by atoms with Crippen LogP contribution in [0.4, 0.5) is 13.2 Å². The van der Waals surface area contributed by atoms with Gasteiger partial charge in [0, 0.05) is 6.92 Å². The third kappa shape index (κ3) is 3.18. The van der Waals surface area contributed by atoms with E-state index in [2.05, 4.69) is 4.18 Å². The summed E-state index contributed by atoms with van der Waals surface area (Å²) in [6.45, 7) is 2.68. The van der Waals surface area contributed by atoms with Crippen molar-refractivity contribution in [3.05, 3.63) is 28.8 Å². The number of carbonyl (C=O) groups excluding carboxylic acids is 1. The summed E-state index contributed by atoms with van der Waals surface area (Å²) in [6, 6.07) is 2.73. The molecule has 1 aliphatic carbocycles. The summed E-state index contributed by atoms with van der Waals surface area (Å²) < 4.78 is 68.5. The van der Waals surface area contributed by atoms with E-state index in [0.717, 1.165) is 0 Å². The lowest BCUT2D eigenvalue weighted by molar-refractivity contribution is -0.146. The van der Waals surface area contributed by atoms with Crippen molar-refractivity contribution in [1.29, 1.82) is 0 Å². The number of aryl methyl sites for hydroxylation is 2. The maximum atomic E-state index is 12.4. The van der Waals surface area contributed by atoms with Gasteiger partial charge in [0.05, 0.1) is 0 Å². The highest BCUT2D eigenvalue weighted by molar-refractivity contribution is 7.88. The molecule has 0 saturated carbocycles. The van der Waals surface area contributed by atoms with Gasteiger partial charge in [0.2, 0.25) is 0 Å². The number of hydrogen-bond acceptors (Lipinski definition) is 5. The Morgan fingerprint density at radius 1 is 1.32 bits per heavy atom. The van der Waals surface area contributed by atoms with Crippen LogP contribution in [0.15, 0.2) is 12.1 Å². The molecule has 1 aliphatic rings. The van der Waals surface area contributed by atoms with Crippen LogP contribution in [0.2, 0.25) is 0 Å². The van der Waals surface area contributed by atoms with Gasteiger partial charge in [-0.25, -0.2) is 0 Å². The van der Waals surface area contributed by atoms with Crippen molar-refractivity contribution in [2.45, 2.75) is 38.3 Å². The van der Waals surface area contributed by atoms with Crippen LogP contribution in [0.1, 0.15) is 36.1 Å². The molecule has 22 heavy (non-hydrogen) atoms. The highest BCUT2D eigenvalue weighted by Gasteiger charge is 2.48. The first-order chi connectivity index (χ1) is 10.0. The molecule has 2 rings (SSSR count). The summed E-state index contributed by atoms with van der Waals surface area (Å²) in [5.74, 6) is -0.838. The van der Waals surface area contributed by atoms with E-state index < -0.39 is 27.7 Å². The first kappa shape index (κ1) is 16.6. The smallest absolute Gasteiger partial charge is 0.458 e. The lowest BCUT2D eigenvalue weighted by atomic mass is 10.1. The number of rotatable bonds is 3. The van der Waals surface area contributed by atoms with Crippen molar-refractivity contribution in [3.8, 4) is 5.75 Å². The van der Waals surface area contributed by atoms with E-state index >= 15 is 0 Å². The Labute approximate surface area is 125 Å². The molecule has 0 bridgehead atoms. The maximum absolute atomic E-state index is 12.4. The standard InChI is InChI=1S/C13H13F3O5S/c1-7-5-10-9(3-4-11(10)20-8(2)17)6-12(7)21-22(18,19)13(14,15)16/h5-6,11H,3-4H2,1-2H3. The maximum Gasteiger partial charge on any atom is 0.534 e. The molecule has 0 N–H and O–H groups in total. The van der Waals surface area contributed by atoms with Crippen molar-refractivity contribution in [2.24, 2.45) is 0 Å². The molecular weight excluding hydrogens is 325 g/mol. The molecule has 0 amide bonds. The van der Waals surface area contributed by atoms with Crippen LogP contribution < -0.4 is 4.18 Å². The minimum atomic E-state index is -5.71. The lowest BCUT2D eigenvalue weighted by Crippen LogP contribution is -2.28. The minimum absolute atomic E-state index is 0.214. The second-order valence-corrected chi connectivity index (χ2v) is 6.47. The second-order valence-electron chi connectivity index (χ2n) is 4.94. The molecule has 0 fully saturated rings. The highest BCUT2D eigenvalue weighted by Crippen LogP contribution is 2.39. The van der Waals surface area contributed by atoms with E-state index in [1.54, 1.807) is 0 Å². The molecule has 1 aromatic rings. The van der Waals surface area contributed by atoms with E-state index in [1.807, 2.05) is 0 Å². The van der Waals surface area contributed by atoms with E-state index in [9.17, 15) is 26.4 Å². The third-order valence-corrected chi connectivity index (χ3v) is 4.22. The summed E-state index contributed by atoms with van der Waals surface area (Å²) in [5, 5.41) is 0. The molecule has 0 heterocycles. The lowest BCUT2D eigenvalue weighted by Gasteiger charge is -2.15. The number of fused-ring (bicyclic) bond motifs is 1. The van der Waals surface area contributed by atoms with Crippen LogP contribution in [0.5, 0.6) is 5.75 Å². The zero-order valence-electron chi connectivity index (χ0n) is 11.7. The van der Waals surface area contributed by atoms with Gasteiger partial charge in [-0.2, -0.15) is 21.6 Å². The van der Waals surface area contributed by atoms with Gasteiger partial charge >= 0.3 is 21.6 Å². The van der Waals surface area contributed by atoms with Crippen LogP contribution in [0.3, 0.4) is 0 Å². The van der Waals surface area contributed by atoms with Gasteiger partial charge in [-0.15, -0.1) is 0 Å². The summed E-state index contributed by atoms with van der Waals surface area (Å²) in [6.07, 6.45) is 0.472. The van der Waals surface area contributed by atoms with Gasteiger partial charge in [0.1, 0.15) is 11.9 Å². The van der Waals surface area contributed by atoms with Crippen LogP contribution in [0, 0.1) is 6.92 Å². The van der Waals surface area contributed by atoms with E-state index in [0.29, 0.717) is 24.0 Å². The molecule has 5 nitrogen and oxygen atoms in total. The number of esters is 1. The zero-order valence-corrected chi connectivity index (χ0v) is 12.5. The topological polar surface area (TPSA) is 69.7 Å². The number of hydrogen-bond donors (Lipinski definition) is 0. The number of ether oxygens (including phenoxy) is 1. The minimum Gasteiger partial charge on any atom is -0.458 e. The van der Waals surface area contributed by atoms with Gasteiger partial charge in [-0.3, -0.25) is 4.79 Å². The summed E-state index contributed by atoms with van der Waals surface area (Å²) >= 11 is 0. The number of alkyl halides is 3. The Bertz CT molecular complexity index is 709. The monoisotopic (exact) mass is 338 g/mol. The number of halogens is 3. The Hall–Kier alpha value is -1.77. The van der Waals surface area contributed by atoms with Gasteiger partial charge in [0.25, 0.3) is 0 Å². The zero-order chi connectivity index (χ0) is 16.7. The quantitative estimate of drug-likeness (QED) is 0.481. The van der Waals surface area contributed by atoms with Crippen molar-refractivity contribution >= 4 is 16.1 Å². The normalized spacial score (nSPS) is 18.0.